The van der Waals surface area contributed by atoms with E-state index in [1.807, 2.05) is 6.92 Å². The molecule has 3 nitrogen and oxygen atoms in total. The van der Waals surface area contributed by atoms with E-state index in [9.17, 15) is 13.6 Å². The van der Waals surface area contributed by atoms with Crippen molar-refractivity contribution in [2.45, 2.75) is 32.4 Å². The van der Waals surface area contributed by atoms with Crippen LogP contribution in [0.5, 0.6) is 0 Å². The molecular weight excluding hydrogens is 250 g/mol. The van der Waals surface area contributed by atoms with Gasteiger partial charge in [0, 0.05) is 37.7 Å². The van der Waals surface area contributed by atoms with E-state index in [1.54, 1.807) is 11.0 Å². The normalized spacial score (nSPS) is 17.0. The SMILES string of the molecule is CC(CN1CCCC1=O)NCc1cccc(F)c1F. The zero-order valence-electron chi connectivity index (χ0n) is 11.0. The molecular formula is C14H18F2N2O. The Labute approximate surface area is 111 Å². The van der Waals surface area contributed by atoms with Crippen LogP contribution >= 0.6 is 0 Å². The maximum atomic E-state index is 13.4. The van der Waals surface area contributed by atoms with Gasteiger partial charge in [0.25, 0.3) is 0 Å². The average Bonchev–Trinajstić information content (AvgIpc) is 2.77. The zero-order chi connectivity index (χ0) is 13.8. The molecule has 1 heterocycles. The van der Waals surface area contributed by atoms with E-state index in [0.717, 1.165) is 19.0 Å². The average molecular weight is 268 g/mol. The first-order chi connectivity index (χ1) is 9.08. The summed E-state index contributed by atoms with van der Waals surface area (Å²) < 4.78 is 26.5. The molecule has 1 N–H and O–H groups in total. The van der Waals surface area contributed by atoms with Gasteiger partial charge in [0.2, 0.25) is 5.91 Å². The van der Waals surface area contributed by atoms with Crippen molar-refractivity contribution in [2.24, 2.45) is 0 Å². The molecule has 1 atom stereocenters. The predicted octanol–water partition coefficient (Wildman–Crippen LogP) is 2.07. The van der Waals surface area contributed by atoms with E-state index in [4.69, 9.17) is 0 Å². The number of likely N-dealkylation sites (tertiary alicyclic amines) is 1. The van der Waals surface area contributed by atoms with Gasteiger partial charge in [0.1, 0.15) is 0 Å². The molecule has 0 spiro atoms. The number of carbonyl (C=O) groups is 1. The second-order valence-corrected chi connectivity index (χ2v) is 4.94. The minimum Gasteiger partial charge on any atom is -0.341 e. The Hall–Kier alpha value is -1.49. The molecule has 1 aromatic carbocycles. The van der Waals surface area contributed by atoms with Gasteiger partial charge in [0.15, 0.2) is 11.6 Å². The molecule has 1 saturated heterocycles. The summed E-state index contributed by atoms with van der Waals surface area (Å²) in [6, 6.07) is 4.19. The van der Waals surface area contributed by atoms with Crippen molar-refractivity contribution in [3.63, 3.8) is 0 Å². The van der Waals surface area contributed by atoms with Crippen molar-refractivity contribution >= 4 is 5.91 Å². The lowest BCUT2D eigenvalue weighted by atomic mass is 10.2. The van der Waals surface area contributed by atoms with Gasteiger partial charge in [-0.2, -0.15) is 0 Å². The Morgan fingerprint density at radius 2 is 2.21 bits per heavy atom. The smallest absolute Gasteiger partial charge is 0.222 e. The lowest BCUT2D eigenvalue weighted by molar-refractivity contribution is -0.127. The van der Waals surface area contributed by atoms with Crippen molar-refractivity contribution in [3.05, 3.63) is 35.4 Å². The van der Waals surface area contributed by atoms with Crippen LogP contribution in [0.25, 0.3) is 0 Å². The molecule has 0 aliphatic carbocycles. The Morgan fingerprint density at radius 1 is 1.42 bits per heavy atom. The van der Waals surface area contributed by atoms with Crippen LogP contribution in [0, 0.1) is 11.6 Å². The van der Waals surface area contributed by atoms with E-state index < -0.39 is 11.6 Å². The van der Waals surface area contributed by atoms with Gasteiger partial charge >= 0.3 is 0 Å². The van der Waals surface area contributed by atoms with Crippen LogP contribution in [0.2, 0.25) is 0 Å². The summed E-state index contributed by atoms with van der Waals surface area (Å²) in [6.07, 6.45) is 1.52. The first-order valence-corrected chi connectivity index (χ1v) is 6.52. The number of carbonyl (C=O) groups excluding carboxylic acids is 1. The number of benzene rings is 1. The van der Waals surface area contributed by atoms with E-state index in [0.29, 0.717) is 18.5 Å². The quantitative estimate of drug-likeness (QED) is 0.886. The number of rotatable bonds is 5. The van der Waals surface area contributed by atoms with Crippen LogP contribution in [-0.2, 0) is 11.3 Å². The standard InChI is InChI=1S/C14H18F2N2O/c1-10(9-18-7-3-6-13(18)19)17-8-11-4-2-5-12(15)14(11)16/h2,4-5,10,17H,3,6-9H2,1H3. The molecule has 0 bridgehead atoms. The number of hydrogen-bond donors (Lipinski definition) is 1. The van der Waals surface area contributed by atoms with E-state index in [-0.39, 0.29) is 18.5 Å². The minimum absolute atomic E-state index is 0.0460. The monoisotopic (exact) mass is 268 g/mol. The van der Waals surface area contributed by atoms with Crippen LogP contribution in [0.15, 0.2) is 18.2 Å². The summed E-state index contributed by atoms with van der Waals surface area (Å²) in [6.45, 7) is 3.59. The Kier molecular flexibility index (Phi) is 4.47. The third kappa shape index (κ3) is 3.50. The Balaban J connectivity index is 1.84. The molecule has 5 heteroatoms. The van der Waals surface area contributed by atoms with Gasteiger partial charge in [-0.15, -0.1) is 0 Å². The van der Waals surface area contributed by atoms with Gasteiger partial charge in [-0.05, 0) is 19.4 Å². The van der Waals surface area contributed by atoms with Crippen LogP contribution in [0.1, 0.15) is 25.3 Å². The van der Waals surface area contributed by atoms with E-state index >= 15 is 0 Å². The highest BCUT2D eigenvalue weighted by Gasteiger charge is 2.21. The van der Waals surface area contributed by atoms with Crippen molar-refractivity contribution in [1.29, 1.82) is 0 Å². The van der Waals surface area contributed by atoms with Crippen molar-refractivity contribution in [2.75, 3.05) is 13.1 Å². The molecule has 1 aromatic rings. The molecule has 1 aliphatic heterocycles. The number of nitrogens with zero attached hydrogens (tertiary/aromatic N) is 1. The van der Waals surface area contributed by atoms with Crippen LogP contribution in [-0.4, -0.2) is 29.9 Å². The molecule has 2 rings (SSSR count). The Morgan fingerprint density at radius 3 is 2.89 bits per heavy atom. The van der Waals surface area contributed by atoms with Gasteiger partial charge in [-0.1, -0.05) is 12.1 Å². The molecule has 1 fully saturated rings. The fraction of sp³-hybridized carbons (Fsp3) is 0.500. The topological polar surface area (TPSA) is 32.3 Å². The largest absolute Gasteiger partial charge is 0.341 e. The summed E-state index contributed by atoms with van der Waals surface area (Å²) in [5, 5.41) is 3.11. The molecule has 0 saturated carbocycles. The van der Waals surface area contributed by atoms with Gasteiger partial charge in [0.05, 0.1) is 0 Å². The molecule has 19 heavy (non-hydrogen) atoms. The van der Waals surface area contributed by atoms with Crippen LogP contribution in [0.4, 0.5) is 8.78 Å². The highest BCUT2D eigenvalue weighted by atomic mass is 19.2. The van der Waals surface area contributed by atoms with Crippen LogP contribution < -0.4 is 5.32 Å². The summed E-state index contributed by atoms with van der Waals surface area (Å²) in [7, 11) is 0. The number of halogens is 2. The molecule has 1 amide bonds. The lowest BCUT2D eigenvalue weighted by Gasteiger charge is -2.21. The summed E-state index contributed by atoms with van der Waals surface area (Å²) in [5.41, 5.74) is 0.305. The molecule has 1 unspecified atom stereocenters. The maximum absolute atomic E-state index is 13.4. The second kappa shape index (κ2) is 6.10. The fourth-order valence-electron chi connectivity index (χ4n) is 2.26. The third-order valence-electron chi connectivity index (χ3n) is 3.34. The van der Waals surface area contributed by atoms with Crippen molar-refractivity contribution in [1.82, 2.24) is 10.2 Å². The Bertz CT molecular complexity index is 465. The summed E-state index contributed by atoms with van der Waals surface area (Å²) >= 11 is 0. The molecule has 0 radical (unpaired) electrons. The van der Waals surface area contributed by atoms with Crippen molar-refractivity contribution < 1.29 is 13.6 Å². The molecule has 1 aliphatic rings. The predicted molar refractivity (Wildman–Crippen MR) is 68.5 cm³/mol. The highest BCUT2D eigenvalue weighted by molar-refractivity contribution is 5.78. The fourth-order valence-corrected chi connectivity index (χ4v) is 2.26. The number of hydrogen-bond acceptors (Lipinski definition) is 2. The molecule has 0 aromatic heterocycles. The van der Waals surface area contributed by atoms with Gasteiger partial charge in [-0.3, -0.25) is 4.79 Å². The lowest BCUT2D eigenvalue weighted by Crippen LogP contribution is -2.39. The first kappa shape index (κ1) is 13.9. The minimum atomic E-state index is -0.832. The summed E-state index contributed by atoms with van der Waals surface area (Å²) in [4.78, 5) is 13.3. The van der Waals surface area contributed by atoms with E-state index in [1.165, 1.54) is 6.07 Å². The summed E-state index contributed by atoms with van der Waals surface area (Å²) in [5.74, 6) is -1.47. The maximum Gasteiger partial charge on any atom is 0.222 e. The van der Waals surface area contributed by atoms with E-state index in [2.05, 4.69) is 5.32 Å². The van der Waals surface area contributed by atoms with Crippen molar-refractivity contribution in [3.8, 4) is 0 Å². The number of nitrogens with one attached hydrogen (secondary N) is 1. The third-order valence-corrected chi connectivity index (χ3v) is 3.34. The molecule has 104 valence electrons. The zero-order valence-corrected chi connectivity index (χ0v) is 11.0. The van der Waals surface area contributed by atoms with Crippen LogP contribution in [0.3, 0.4) is 0 Å². The second-order valence-electron chi connectivity index (χ2n) is 4.94. The van der Waals surface area contributed by atoms with Gasteiger partial charge < -0.3 is 10.2 Å². The highest BCUT2D eigenvalue weighted by Crippen LogP contribution is 2.12. The van der Waals surface area contributed by atoms with Gasteiger partial charge in [-0.25, -0.2) is 8.78 Å². The number of amides is 1. The first-order valence-electron chi connectivity index (χ1n) is 6.52.